The van der Waals surface area contributed by atoms with Gasteiger partial charge < -0.3 is 14.2 Å². The van der Waals surface area contributed by atoms with E-state index in [1.807, 2.05) is 18.2 Å². The second kappa shape index (κ2) is 6.86. The first-order valence-corrected chi connectivity index (χ1v) is 6.84. The van der Waals surface area contributed by atoms with Crippen molar-refractivity contribution in [3.8, 4) is 11.5 Å². The Hall–Kier alpha value is -0.930. The second-order valence-corrected chi connectivity index (χ2v) is 4.67. The molecule has 0 radical (unpaired) electrons. The molecule has 0 N–H and O–H groups in total. The van der Waals surface area contributed by atoms with Crippen molar-refractivity contribution in [3.63, 3.8) is 0 Å². The molecule has 1 atom stereocenters. The molecule has 18 heavy (non-hydrogen) atoms. The van der Waals surface area contributed by atoms with Gasteiger partial charge in [-0.3, -0.25) is 0 Å². The van der Waals surface area contributed by atoms with E-state index in [2.05, 4.69) is 0 Å². The van der Waals surface area contributed by atoms with E-state index >= 15 is 0 Å². The summed E-state index contributed by atoms with van der Waals surface area (Å²) in [4.78, 5) is 0. The predicted molar refractivity (Wildman–Crippen MR) is 71.6 cm³/mol. The topological polar surface area (TPSA) is 27.7 Å². The zero-order valence-corrected chi connectivity index (χ0v) is 11.4. The molecule has 1 aromatic rings. The fourth-order valence-corrected chi connectivity index (χ4v) is 2.25. The van der Waals surface area contributed by atoms with Gasteiger partial charge in [-0.2, -0.15) is 0 Å². The summed E-state index contributed by atoms with van der Waals surface area (Å²) in [5, 5.41) is 0. The van der Waals surface area contributed by atoms with E-state index in [-0.39, 0.29) is 6.10 Å². The number of rotatable bonds is 5. The van der Waals surface area contributed by atoms with Crippen molar-refractivity contribution >= 4 is 11.6 Å². The first-order chi connectivity index (χ1) is 8.83. The number of benzene rings is 1. The number of hydrogen-bond acceptors (Lipinski definition) is 3. The molecule has 0 spiro atoms. The van der Waals surface area contributed by atoms with Crippen LogP contribution in [-0.4, -0.2) is 26.4 Å². The van der Waals surface area contributed by atoms with Gasteiger partial charge in [-0.15, -0.1) is 11.6 Å². The normalized spacial score (nSPS) is 19.6. The lowest BCUT2D eigenvalue weighted by Gasteiger charge is -2.23. The predicted octanol–water partition coefficient (Wildman–Crippen LogP) is 3.38. The molecule has 1 aliphatic heterocycles. The summed E-state index contributed by atoms with van der Waals surface area (Å²) in [7, 11) is 1.64. The fraction of sp³-hybridized carbons (Fsp3) is 0.571. The lowest BCUT2D eigenvalue weighted by molar-refractivity contribution is -0.0112. The molecule has 1 saturated heterocycles. The number of alkyl halides is 1. The van der Waals surface area contributed by atoms with Crippen molar-refractivity contribution in [3.05, 3.63) is 23.8 Å². The van der Waals surface area contributed by atoms with Gasteiger partial charge >= 0.3 is 0 Å². The first kappa shape index (κ1) is 13.5. The highest BCUT2D eigenvalue weighted by Crippen LogP contribution is 2.27. The third-order valence-electron chi connectivity index (χ3n) is 3.12. The summed E-state index contributed by atoms with van der Waals surface area (Å²) in [6.45, 7) is 1.42. The minimum Gasteiger partial charge on any atom is -0.497 e. The molecule has 2 rings (SSSR count). The van der Waals surface area contributed by atoms with Gasteiger partial charge in [0.15, 0.2) is 0 Å². The van der Waals surface area contributed by atoms with Crippen LogP contribution < -0.4 is 9.47 Å². The van der Waals surface area contributed by atoms with Crippen LogP contribution in [0.5, 0.6) is 11.5 Å². The van der Waals surface area contributed by atoms with Crippen LogP contribution in [0.3, 0.4) is 0 Å². The largest absolute Gasteiger partial charge is 0.497 e. The van der Waals surface area contributed by atoms with Crippen molar-refractivity contribution in [1.29, 1.82) is 0 Å². The molecule has 1 aliphatic rings. The average Bonchev–Trinajstić information content (AvgIpc) is 2.45. The molecule has 4 heteroatoms. The minimum absolute atomic E-state index is 0.202. The van der Waals surface area contributed by atoms with E-state index in [0.717, 1.165) is 36.5 Å². The van der Waals surface area contributed by atoms with Crippen LogP contribution in [0.2, 0.25) is 0 Å². The monoisotopic (exact) mass is 270 g/mol. The number of hydrogen-bond donors (Lipinski definition) is 0. The molecule has 0 aliphatic carbocycles. The molecular weight excluding hydrogens is 252 g/mol. The highest BCUT2D eigenvalue weighted by atomic mass is 35.5. The molecule has 1 aromatic carbocycles. The molecule has 3 nitrogen and oxygen atoms in total. The molecule has 1 fully saturated rings. The van der Waals surface area contributed by atoms with Crippen molar-refractivity contribution < 1.29 is 14.2 Å². The number of halogens is 1. The third-order valence-corrected chi connectivity index (χ3v) is 3.40. The molecule has 1 heterocycles. The summed E-state index contributed by atoms with van der Waals surface area (Å²) in [6, 6.07) is 5.70. The van der Waals surface area contributed by atoms with Crippen LogP contribution in [0, 0.1) is 0 Å². The molecule has 0 bridgehead atoms. The fourth-order valence-electron chi connectivity index (χ4n) is 2.03. The van der Waals surface area contributed by atoms with E-state index in [0.29, 0.717) is 12.5 Å². The number of methoxy groups -OCH3 is 1. The van der Waals surface area contributed by atoms with Gasteiger partial charge in [-0.1, -0.05) is 6.07 Å². The molecule has 0 saturated carbocycles. The Balaban J connectivity index is 1.97. The SMILES string of the molecule is COc1ccc(CCl)c(OCC2CCCCO2)c1. The Bertz CT molecular complexity index is 375. The van der Waals surface area contributed by atoms with Crippen LogP contribution in [0.4, 0.5) is 0 Å². The van der Waals surface area contributed by atoms with Gasteiger partial charge in [0.2, 0.25) is 0 Å². The van der Waals surface area contributed by atoms with E-state index in [1.165, 1.54) is 6.42 Å². The third kappa shape index (κ3) is 3.53. The Morgan fingerprint density at radius 1 is 1.39 bits per heavy atom. The van der Waals surface area contributed by atoms with Gasteiger partial charge in [-0.25, -0.2) is 0 Å². The minimum atomic E-state index is 0.202. The second-order valence-electron chi connectivity index (χ2n) is 4.41. The van der Waals surface area contributed by atoms with Crippen molar-refractivity contribution in [2.45, 2.75) is 31.2 Å². The quantitative estimate of drug-likeness (QED) is 0.768. The van der Waals surface area contributed by atoms with Crippen molar-refractivity contribution in [2.75, 3.05) is 20.3 Å². The molecular formula is C14H19ClO3. The maximum atomic E-state index is 5.90. The molecule has 0 amide bonds. The van der Waals surface area contributed by atoms with Crippen LogP contribution >= 0.6 is 11.6 Å². The van der Waals surface area contributed by atoms with E-state index in [4.69, 9.17) is 25.8 Å². The van der Waals surface area contributed by atoms with Crippen LogP contribution in [0.25, 0.3) is 0 Å². The lowest BCUT2D eigenvalue weighted by Crippen LogP contribution is -2.26. The Kier molecular flexibility index (Phi) is 5.14. The van der Waals surface area contributed by atoms with Crippen molar-refractivity contribution in [2.24, 2.45) is 0 Å². The standard InChI is InChI=1S/C14H19ClO3/c1-16-12-6-5-11(9-15)14(8-12)18-10-13-4-2-3-7-17-13/h5-6,8,13H,2-4,7,9-10H2,1H3. The summed E-state index contributed by atoms with van der Waals surface area (Å²) in [5.41, 5.74) is 0.980. The summed E-state index contributed by atoms with van der Waals surface area (Å²) >= 11 is 5.90. The van der Waals surface area contributed by atoms with E-state index in [1.54, 1.807) is 7.11 Å². The highest BCUT2D eigenvalue weighted by molar-refractivity contribution is 6.17. The van der Waals surface area contributed by atoms with Crippen LogP contribution in [0.15, 0.2) is 18.2 Å². The Labute approximate surface area is 113 Å². The zero-order valence-electron chi connectivity index (χ0n) is 10.7. The summed E-state index contributed by atoms with van der Waals surface area (Å²) < 4.78 is 16.7. The summed E-state index contributed by atoms with van der Waals surface area (Å²) in [6.07, 6.45) is 3.64. The zero-order chi connectivity index (χ0) is 12.8. The Morgan fingerprint density at radius 2 is 2.28 bits per heavy atom. The van der Waals surface area contributed by atoms with E-state index in [9.17, 15) is 0 Å². The van der Waals surface area contributed by atoms with Gasteiger partial charge in [0.1, 0.15) is 18.1 Å². The van der Waals surface area contributed by atoms with Gasteiger partial charge in [0.05, 0.1) is 19.1 Å². The van der Waals surface area contributed by atoms with Gasteiger partial charge in [-0.05, 0) is 25.3 Å². The smallest absolute Gasteiger partial charge is 0.127 e. The summed E-state index contributed by atoms with van der Waals surface area (Å²) in [5.74, 6) is 2.01. The van der Waals surface area contributed by atoms with Crippen LogP contribution in [0.1, 0.15) is 24.8 Å². The maximum absolute atomic E-state index is 5.90. The maximum Gasteiger partial charge on any atom is 0.127 e. The van der Waals surface area contributed by atoms with Gasteiger partial charge in [0.25, 0.3) is 0 Å². The number of ether oxygens (including phenoxy) is 3. The van der Waals surface area contributed by atoms with Gasteiger partial charge in [0, 0.05) is 18.2 Å². The lowest BCUT2D eigenvalue weighted by atomic mass is 10.1. The Morgan fingerprint density at radius 3 is 2.94 bits per heavy atom. The molecule has 0 aromatic heterocycles. The van der Waals surface area contributed by atoms with Crippen LogP contribution in [-0.2, 0) is 10.6 Å². The first-order valence-electron chi connectivity index (χ1n) is 6.30. The van der Waals surface area contributed by atoms with Crippen molar-refractivity contribution in [1.82, 2.24) is 0 Å². The van der Waals surface area contributed by atoms with E-state index < -0.39 is 0 Å². The molecule has 1 unspecified atom stereocenters. The average molecular weight is 271 g/mol. The molecule has 100 valence electrons. The highest BCUT2D eigenvalue weighted by Gasteiger charge is 2.15.